The molecule has 2 aliphatic heterocycles. The van der Waals surface area contributed by atoms with E-state index in [0.29, 0.717) is 31.4 Å². The summed E-state index contributed by atoms with van der Waals surface area (Å²) in [5, 5.41) is 0.723. The topological polar surface area (TPSA) is 56.8 Å². The molecule has 0 aliphatic carbocycles. The van der Waals surface area contributed by atoms with Crippen LogP contribution in [0.4, 0.5) is 5.69 Å². The third-order valence-corrected chi connectivity index (χ3v) is 7.61. The maximum absolute atomic E-state index is 13.7. The summed E-state index contributed by atoms with van der Waals surface area (Å²) in [6, 6.07) is 21.9. The average Bonchev–Trinajstić information content (AvgIpc) is 3.25. The SMILES string of the molecule is CC(=O)N1CC[C@H]2CC[C@@H](CN(C(=O)c3ccccn3)Cc3ccccc31)N2Cc1ccc(Cl)cc1. The van der Waals surface area contributed by atoms with Gasteiger partial charge in [-0.15, -0.1) is 0 Å². The van der Waals surface area contributed by atoms with Crippen molar-refractivity contribution in [2.75, 3.05) is 18.0 Å². The molecule has 2 amide bonds. The van der Waals surface area contributed by atoms with Gasteiger partial charge in [0.15, 0.2) is 0 Å². The van der Waals surface area contributed by atoms with Crippen LogP contribution in [0.2, 0.25) is 5.02 Å². The molecule has 0 unspecified atom stereocenters. The van der Waals surface area contributed by atoms with Crippen LogP contribution in [-0.4, -0.2) is 51.8 Å². The number of aromatic nitrogens is 1. The normalized spacial score (nSPS) is 20.5. The molecule has 0 spiro atoms. The van der Waals surface area contributed by atoms with E-state index in [1.54, 1.807) is 19.2 Å². The molecule has 2 atom stereocenters. The summed E-state index contributed by atoms with van der Waals surface area (Å²) >= 11 is 6.13. The second-order valence-corrected chi connectivity index (χ2v) is 10.1. The largest absolute Gasteiger partial charge is 0.331 e. The molecule has 2 aromatic carbocycles. The van der Waals surface area contributed by atoms with Gasteiger partial charge in [0.1, 0.15) is 5.69 Å². The molecule has 0 N–H and O–H groups in total. The van der Waals surface area contributed by atoms with Crippen molar-refractivity contribution in [2.45, 2.75) is 51.4 Å². The first-order chi connectivity index (χ1) is 17.5. The van der Waals surface area contributed by atoms with Gasteiger partial charge < -0.3 is 9.80 Å². The van der Waals surface area contributed by atoms with E-state index >= 15 is 0 Å². The van der Waals surface area contributed by atoms with Gasteiger partial charge >= 0.3 is 0 Å². The van der Waals surface area contributed by atoms with Gasteiger partial charge in [-0.2, -0.15) is 0 Å². The lowest BCUT2D eigenvalue weighted by Gasteiger charge is -2.34. The number of hydrogen-bond donors (Lipinski definition) is 0. The molecule has 186 valence electrons. The van der Waals surface area contributed by atoms with Crippen molar-refractivity contribution in [3.63, 3.8) is 0 Å². The Kier molecular flexibility index (Phi) is 7.35. The molecule has 36 heavy (non-hydrogen) atoms. The molecule has 1 aromatic heterocycles. The minimum atomic E-state index is -0.0890. The number of fused-ring (bicyclic) bond motifs is 3. The van der Waals surface area contributed by atoms with E-state index in [1.807, 2.05) is 58.3 Å². The van der Waals surface area contributed by atoms with Gasteiger partial charge in [0.25, 0.3) is 5.91 Å². The Morgan fingerprint density at radius 3 is 2.44 bits per heavy atom. The third kappa shape index (κ3) is 5.30. The van der Waals surface area contributed by atoms with Crippen molar-refractivity contribution in [3.8, 4) is 0 Å². The number of nitrogens with zero attached hydrogens (tertiary/aromatic N) is 4. The monoisotopic (exact) mass is 502 g/mol. The van der Waals surface area contributed by atoms with Crippen LogP contribution in [-0.2, 0) is 17.9 Å². The second kappa shape index (κ2) is 10.8. The molecule has 2 aliphatic rings. The van der Waals surface area contributed by atoms with Crippen molar-refractivity contribution < 1.29 is 9.59 Å². The lowest BCUT2D eigenvalue weighted by molar-refractivity contribution is -0.116. The number of carbonyl (C=O) groups excluding carboxylic acids is 2. The summed E-state index contributed by atoms with van der Waals surface area (Å²) in [5.74, 6) is -0.0722. The van der Waals surface area contributed by atoms with Gasteiger partial charge in [0, 0.05) is 62.1 Å². The van der Waals surface area contributed by atoms with Crippen molar-refractivity contribution in [1.29, 1.82) is 0 Å². The van der Waals surface area contributed by atoms with Crippen LogP contribution in [0.15, 0.2) is 72.9 Å². The Balaban J connectivity index is 1.53. The average molecular weight is 503 g/mol. The number of rotatable bonds is 3. The van der Waals surface area contributed by atoms with Gasteiger partial charge in [-0.3, -0.25) is 19.5 Å². The Morgan fingerprint density at radius 2 is 1.69 bits per heavy atom. The van der Waals surface area contributed by atoms with Gasteiger partial charge in [-0.05, 0) is 60.7 Å². The Hall–Kier alpha value is -3.22. The summed E-state index contributed by atoms with van der Waals surface area (Å²) in [5.41, 5.74) is 3.48. The van der Waals surface area contributed by atoms with Crippen molar-refractivity contribution in [2.24, 2.45) is 0 Å². The zero-order chi connectivity index (χ0) is 25.1. The first-order valence-electron chi connectivity index (χ1n) is 12.6. The van der Waals surface area contributed by atoms with Crippen LogP contribution in [0.3, 0.4) is 0 Å². The molecular weight excluding hydrogens is 472 g/mol. The van der Waals surface area contributed by atoms with Crippen LogP contribution in [0.5, 0.6) is 0 Å². The predicted molar refractivity (Wildman–Crippen MR) is 142 cm³/mol. The molecule has 0 radical (unpaired) electrons. The lowest BCUT2D eigenvalue weighted by Crippen LogP contribution is -2.45. The number of para-hydroxylation sites is 1. The van der Waals surface area contributed by atoms with E-state index in [0.717, 1.165) is 42.1 Å². The fourth-order valence-electron chi connectivity index (χ4n) is 5.54. The summed E-state index contributed by atoms with van der Waals surface area (Å²) in [4.78, 5) is 37.1. The first-order valence-corrected chi connectivity index (χ1v) is 12.9. The van der Waals surface area contributed by atoms with Crippen molar-refractivity contribution >= 4 is 29.1 Å². The van der Waals surface area contributed by atoms with Gasteiger partial charge in [-0.25, -0.2) is 0 Å². The third-order valence-electron chi connectivity index (χ3n) is 7.36. The van der Waals surface area contributed by atoms with E-state index in [-0.39, 0.29) is 17.9 Å². The molecule has 5 rings (SSSR count). The number of halogens is 1. The van der Waals surface area contributed by atoms with Crippen LogP contribution in [0.25, 0.3) is 0 Å². The maximum atomic E-state index is 13.7. The number of benzene rings is 2. The molecule has 3 aromatic rings. The minimum absolute atomic E-state index is 0.0168. The zero-order valence-corrected chi connectivity index (χ0v) is 21.3. The predicted octanol–water partition coefficient (Wildman–Crippen LogP) is 5.17. The number of pyridine rings is 1. The van der Waals surface area contributed by atoms with E-state index < -0.39 is 0 Å². The molecule has 6 nitrogen and oxygen atoms in total. The summed E-state index contributed by atoms with van der Waals surface area (Å²) in [6.45, 7) is 4.08. The second-order valence-electron chi connectivity index (χ2n) is 9.67. The highest BCUT2D eigenvalue weighted by atomic mass is 35.5. The van der Waals surface area contributed by atoms with Crippen molar-refractivity contribution in [3.05, 3.63) is 94.8 Å². The van der Waals surface area contributed by atoms with E-state index in [9.17, 15) is 9.59 Å². The number of carbonyl (C=O) groups is 2. The van der Waals surface area contributed by atoms with Crippen LogP contribution in [0.1, 0.15) is 47.8 Å². The molecule has 1 saturated heterocycles. The fraction of sp³-hybridized carbons (Fsp3) is 0.345. The van der Waals surface area contributed by atoms with E-state index in [1.165, 1.54) is 5.56 Å². The maximum Gasteiger partial charge on any atom is 0.272 e. The first kappa shape index (κ1) is 24.5. The highest BCUT2D eigenvalue weighted by Gasteiger charge is 2.37. The van der Waals surface area contributed by atoms with Gasteiger partial charge in [0.2, 0.25) is 5.91 Å². The van der Waals surface area contributed by atoms with Gasteiger partial charge in [0.05, 0.1) is 0 Å². The summed E-state index contributed by atoms with van der Waals surface area (Å²) in [7, 11) is 0. The van der Waals surface area contributed by atoms with Crippen molar-refractivity contribution in [1.82, 2.24) is 14.8 Å². The lowest BCUT2D eigenvalue weighted by atomic mass is 10.1. The zero-order valence-electron chi connectivity index (χ0n) is 20.5. The van der Waals surface area contributed by atoms with E-state index in [2.05, 4.69) is 22.0 Å². The highest BCUT2D eigenvalue weighted by Crippen LogP contribution is 2.33. The fourth-order valence-corrected chi connectivity index (χ4v) is 5.67. The summed E-state index contributed by atoms with van der Waals surface area (Å²) in [6.07, 6.45) is 4.58. The van der Waals surface area contributed by atoms with E-state index in [4.69, 9.17) is 11.6 Å². The molecule has 2 bridgehead atoms. The summed E-state index contributed by atoms with van der Waals surface area (Å²) < 4.78 is 0. The molecule has 3 heterocycles. The number of anilines is 1. The Morgan fingerprint density at radius 1 is 0.944 bits per heavy atom. The molecule has 7 heteroatoms. The van der Waals surface area contributed by atoms with Crippen LogP contribution in [0, 0.1) is 0 Å². The number of hydrogen-bond acceptors (Lipinski definition) is 4. The van der Waals surface area contributed by atoms with Gasteiger partial charge in [-0.1, -0.05) is 48.0 Å². The minimum Gasteiger partial charge on any atom is -0.331 e. The Bertz CT molecular complexity index is 1220. The number of amides is 2. The van der Waals surface area contributed by atoms with Crippen LogP contribution < -0.4 is 4.90 Å². The standard InChI is InChI=1S/C29H31ClN4O2/c1-21(35)33-17-15-25-13-14-26(34(25)18-22-9-11-24(30)12-10-22)20-32(19-23-6-2-3-8-28(23)33)29(36)27-7-4-5-16-31-27/h2-12,16,25-26H,13-15,17-20H2,1H3/t25-,26+/m1/s1. The molecule has 0 saturated carbocycles. The molecule has 1 fully saturated rings. The van der Waals surface area contributed by atoms with Crippen LogP contribution >= 0.6 is 11.6 Å². The highest BCUT2D eigenvalue weighted by molar-refractivity contribution is 6.30. The quantitative estimate of drug-likeness (QED) is 0.496. The Labute approximate surface area is 217 Å². The molecular formula is C29H31ClN4O2. The smallest absolute Gasteiger partial charge is 0.272 e.